The summed E-state index contributed by atoms with van der Waals surface area (Å²) < 4.78 is 36.9. The maximum absolute atomic E-state index is 12.3. The molecule has 3 heteroatoms. The van der Waals surface area contributed by atoms with E-state index in [2.05, 4.69) is 20.4 Å². The van der Waals surface area contributed by atoms with Gasteiger partial charge in [0.1, 0.15) is 0 Å². The molecule has 1 aromatic carbocycles. The van der Waals surface area contributed by atoms with Crippen LogP contribution in [0.15, 0.2) is 30.9 Å². The van der Waals surface area contributed by atoms with Crippen LogP contribution in [0, 0.1) is 6.92 Å². The molecule has 0 heterocycles. The van der Waals surface area contributed by atoms with E-state index in [-0.39, 0.29) is 0 Å². The van der Waals surface area contributed by atoms with E-state index >= 15 is 0 Å². The number of benzene rings is 1. The molecule has 1 aromatic rings. The molecule has 110 valence electrons. The molecule has 0 radical (unpaired) electrons. The summed E-state index contributed by atoms with van der Waals surface area (Å²) in [6, 6.07) is 4.14. The van der Waals surface area contributed by atoms with Crippen LogP contribution in [0.3, 0.4) is 0 Å². The van der Waals surface area contributed by atoms with Gasteiger partial charge in [-0.25, -0.2) is 0 Å². The molecule has 0 bridgehead atoms. The fourth-order valence-corrected chi connectivity index (χ4v) is 1.23. The quantitative estimate of drug-likeness (QED) is 0.536. The van der Waals surface area contributed by atoms with Gasteiger partial charge in [-0.05, 0) is 38.0 Å². The average molecular weight is 274 g/mol. The molecule has 0 atom stereocenters. The number of allylic oxidation sites excluding steroid dienone is 1. The highest BCUT2D eigenvalue weighted by molar-refractivity contribution is 5.31. The lowest BCUT2D eigenvalue weighted by atomic mass is 10.0. The van der Waals surface area contributed by atoms with Crippen molar-refractivity contribution in [3.8, 4) is 0 Å². The summed E-state index contributed by atoms with van der Waals surface area (Å²) >= 11 is 0. The minimum atomic E-state index is -4.23. The van der Waals surface area contributed by atoms with Crippen molar-refractivity contribution in [3.05, 3.63) is 47.5 Å². The second-order valence-electron chi connectivity index (χ2n) is 4.17. The number of aryl methyl sites for hydroxylation is 2. The van der Waals surface area contributed by atoms with Gasteiger partial charge in [-0.2, -0.15) is 13.2 Å². The van der Waals surface area contributed by atoms with Crippen molar-refractivity contribution in [1.82, 2.24) is 0 Å². The zero-order valence-corrected chi connectivity index (χ0v) is 12.6. The second-order valence-corrected chi connectivity index (χ2v) is 4.17. The zero-order valence-electron chi connectivity index (χ0n) is 12.6. The molecular weight excluding hydrogens is 249 g/mol. The first-order valence-corrected chi connectivity index (χ1v) is 6.51. The highest BCUT2D eigenvalue weighted by Gasteiger charge is 2.30. The maximum Gasteiger partial charge on any atom is 0.416 e. The number of hydrogen-bond donors (Lipinski definition) is 0. The smallest absolute Gasteiger partial charge is 0.166 e. The second kappa shape index (κ2) is 10.7. The molecule has 0 saturated heterocycles. The standard InChI is InChI=1S/C10H11F3.C3H8.C3H6/c1-3-8-4-7(2)5-9(6-8)10(11,12)13;2*1-3-2/h4-6H,3H2,1-2H3;3H2,1-2H3;3H,1H2,2H3. The molecule has 0 N–H and O–H groups in total. The van der Waals surface area contributed by atoms with Crippen molar-refractivity contribution >= 4 is 0 Å². The van der Waals surface area contributed by atoms with E-state index in [1.54, 1.807) is 19.1 Å². The Labute approximate surface area is 115 Å². The first-order valence-electron chi connectivity index (χ1n) is 6.51. The van der Waals surface area contributed by atoms with E-state index in [4.69, 9.17) is 0 Å². The minimum Gasteiger partial charge on any atom is -0.166 e. The molecule has 0 aromatic heterocycles. The molecule has 0 unspecified atom stereocenters. The molecule has 0 spiro atoms. The molecule has 0 saturated carbocycles. The summed E-state index contributed by atoms with van der Waals surface area (Å²) in [5.74, 6) is 0. The van der Waals surface area contributed by atoms with Crippen LogP contribution >= 0.6 is 0 Å². The Bertz CT molecular complexity index is 352. The van der Waals surface area contributed by atoms with Crippen LogP contribution in [-0.4, -0.2) is 0 Å². The third-order valence-electron chi connectivity index (χ3n) is 1.87. The molecule has 0 nitrogen and oxygen atoms in total. The lowest BCUT2D eigenvalue weighted by Crippen LogP contribution is -2.05. The van der Waals surface area contributed by atoms with Crippen LogP contribution in [0.5, 0.6) is 0 Å². The summed E-state index contributed by atoms with van der Waals surface area (Å²) in [6.07, 6.45) is -0.597. The molecule has 0 amide bonds. The summed E-state index contributed by atoms with van der Waals surface area (Å²) in [5.41, 5.74) is 0.836. The van der Waals surface area contributed by atoms with Gasteiger partial charge in [0.2, 0.25) is 0 Å². The molecule has 0 fully saturated rings. The van der Waals surface area contributed by atoms with Gasteiger partial charge in [0, 0.05) is 0 Å². The fourth-order valence-electron chi connectivity index (χ4n) is 1.23. The zero-order chi connectivity index (χ0) is 15.5. The SMILES string of the molecule is C=CC.CCC.CCc1cc(C)cc(C(F)(F)F)c1. The predicted octanol–water partition coefficient (Wildman–Crippen LogP) is 6.18. The lowest BCUT2D eigenvalue weighted by Gasteiger charge is -2.09. The van der Waals surface area contributed by atoms with Gasteiger partial charge in [-0.3, -0.25) is 0 Å². The molecule has 19 heavy (non-hydrogen) atoms. The summed E-state index contributed by atoms with van der Waals surface area (Å²) in [6.45, 7) is 13.0. The Kier molecular flexibility index (Phi) is 11.3. The monoisotopic (exact) mass is 274 g/mol. The van der Waals surface area contributed by atoms with Crippen LogP contribution in [0.1, 0.15) is 50.8 Å². The van der Waals surface area contributed by atoms with Crippen LogP contribution in [-0.2, 0) is 12.6 Å². The predicted molar refractivity (Wildman–Crippen MR) is 77.4 cm³/mol. The van der Waals surface area contributed by atoms with Gasteiger partial charge in [-0.1, -0.05) is 44.9 Å². The van der Waals surface area contributed by atoms with Crippen LogP contribution in [0.2, 0.25) is 0 Å². The van der Waals surface area contributed by atoms with Crippen molar-refractivity contribution in [2.75, 3.05) is 0 Å². The Morgan fingerprint density at radius 1 is 1.11 bits per heavy atom. The van der Waals surface area contributed by atoms with Crippen LogP contribution in [0.4, 0.5) is 13.2 Å². The third-order valence-corrected chi connectivity index (χ3v) is 1.87. The molecule has 1 rings (SSSR count). The van der Waals surface area contributed by atoms with E-state index in [0.717, 1.165) is 5.56 Å². The Balaban J connectivity index is 0. The number of rotatable bonds is 1. The van der Waals surface area contributed by atoms with Gasteiger partial charge in [0.25, 0.3) is 0 Å². The minimum absolute atomic E-state index is 0.552. The summed E-state index contributed by atoms with van der Waals surface area (Å²) in [5, 5.41) is 0. The van der Waals surface area contributed by atoms with Crippen LogP contribution < -0.4 is 0 Å². The highest BCUT2D eigenvalue weighted by atomic mass is 19.4. The van der Waals surface area contributed by atoms with Gasteiger partial charge in [0.15, 0.2) is 0 Å². The van der Waals surface area contributed by atoms with E-state index in [1.807, 2.05) is 13.8 Å². The number of hydrogen-bond acceptors (Lipinski definition) is 0. The largest absolute Gasteiger partial charge is 0.416 e. The van der Waals surface area contributed by atoms with E-state index in [1.165, 1.54) is 18.6 Å². The number of alkyl halides is 3. The van der Waals surface area contributed by atoms with Gasteiger partial charge < -0.3 is 0 Å². The fraction of sp³-hybridized carbons (Fsp3) is 0.500. The van der Waals surface area contributed by atoms with Crippen LogP contribution in [0.25, 0.3) is 0 Å². The first-order chi connectivity index (χ1) is 8.76. The topological polar surface area (TPSA) is 0 Å². The van der Waals surface area contributed by atoms with Crippen molar-refractivity contribution in [3.63, 3.8) is 0 Å². The Morgan fingerprint density at radius 2 is 1.53 bits per heavy atom. The molecule has 0 aliphatic heterocycles. The summed E-state index contributed by atoms with van der Waals surface area (Å²) in [7, 11) is 0. The Hall–Kier alpha value is -1.25. The first kappa shape index (κ1) is 20.1. The third kappa shape index (κ3) is 10.4. The van der Waals surface area contributed by atoms with E-state index in [9.17, 15) is 13.2 Å². The average Bonchev–Trinajstić information content (AvgIpc) is 2.29. The van der Waals surface area contributed by atoms with Crippen molar-refractivity contribution < 1.29 is 13.2 Å². The lowest BCUT2D eigenvalue weighted by molar-refractivity contribution is -0.137. The van der Waals surface area contributed by atoms with Crippen molar-refractivity contribution in [2.24, 2.45) is 0 Å². The Morgan fingerprint density at radius 3 is 1.84 bits per heavy atom. The van der Waals surface area contributed by atoms with Crippen molar-refractivity contribution in [2.45, 2.75) is 53.6 Å². The normalized spacial score (nSPS) is 9.68. The van der Waals surface area contributed by atoms with E-state index in [0.29, 0.717) is 12.0 Å². The highest BCUT2D eigenvalue weighted by Crippen LogP contribution is 2.30. The number of halogens is 3. The molecular formula is C16H25F3. The maximum atomic E-state index is 12.3. The van der Waals surface area contributed by atoms with Gasteiger partial charge >= 0.3 is 6.18 Å². The van der Waals surface area contributed by atoms with Gasteiger partial charge in [-0.15, -0.1) is 6.58 Å². The molecule has 0 aliphatic rings. The van der Waals surface area contributed by atoms with Gasteiger partial charge in [0.05, 0.1) is 5.56 Å². The molecule has 0 aliphatic carbocycles. The van der Waals surface area contributed by atoms with E-state index < -0.39 is 11.7 Å². The van der Waals surface area contributed by atoms with Crippen molar-refractivity contribution in [1.29, 1.82) is 0 Å². The summed E-state index contributed by atoms with van der Waals surface area (Å²) in [4.78, 5) is 0.